The van der Waals surface area contributed by atoms with Crippen molar-refractivity contribution in [3.63, 3.8) is 0 Å². The third-order valence-corrected chi connectivity index (χ3v) is 5.02. The zero-order valence-electron chi connectivity index (χ0n) is 16.6. The van der Waals surface area contributed by atoms with Gasteiger partial charge in [-0.1, -0.05) is 5.16 Å². The van der Waals surface area contributed by atoms with Gasteiger partial charge >= 0.3 is 0 Å². The van der Waals surface area contributed by atoms with Crippen LogP contribution < -0.4 is 4.74 Å². The molecule has 0 N–H and O–H groups in total. The molecule has 2 aromatic heterocycles. The maximum atomic E-state index is 12.5. The van der Waals surface area contributed by atoms with Gasteiger partial charge in [0.05, 0.1) is 13.4 Å². The van der Waals surface area contributed by atoms with Crippen molar-refractivity contribution >= 4 is 11.8 Å². The van der Waals surface area contributed by atoms with Crippen molar-refractivity contribution in [3.05, 3.63) is 54.3 Å². The highest BCUT2D eigenvalue weighted by molar-refractivity contribution is 5.91. The Hall–Kier alpha value is -3.62. The van der Waals surface area contributed by atoms with Crippen LogP contribution >= 0.6 is 0 Å². The third-order valence-electron chi connectivity index (χ3n) is 5.02. The van der Waals surface area contributed by atoms with Crippen molar-refractivity contribution < 1.29 is 23.3 Å². The Morgan fingerprint density at radius 3 is 2.47 bits per heavy atom. The number of hydrogen-bond donors (Lipinski definition) is 0. The predicted octanol–water partition coefficient (Wildman–Crippen LogP) is 2.26. The van der Waals surface area contributed by atoms with E-state index in [9.17, 15) is 9.59 Å². The van der Waals surface area contributed by atoms with Gasteiger partial charge in [0.15, 0.2) is 5.76 Å². The van der Waals surface area contributed by atoms with E-state index in [4.69, 9.17) is 13.7 Å². The highest BCUT2D eigenvalue weighted by Gasteiger charge is 2.26. The van der Waals surface area contributed by atoms with E-state index in [1.807, 2.05) is 24.3 Å². The Kier molecular flexibility index (Phi) is 5.78. The number of hydrogen-bond acceptors (Lipinski definition) is 7. The summed E-state index contributed by atoms with van der Waals surface area (Å²) in [6.07, 6.45) is 2.12. The lowest BCUT2D eigenvalue weighted by Crippen LogP contribution is -2.50. The van der Waals surface area contributed by atoms with Gasteiger partial charge in [-0.15, -0.1) is 0 Å². The number of carbonyl (C=O) groups is 2. The third kappa shape index (κ3) is 4.35. The minimum absolute atomic E-state index is 0.00398. The summed E-state index contributed by atoms with van der Waals surface area (Å²) >= 11 is 0. The molecule has 1 aliphatic rings. The van der Waals surface area contributed by atoms with E-state index in [1.165, 1.54) is 6.26 Å². The lowest BCUT2D eigenvalue weighted by Gasteiger charge is -2.34. The average molecular weight is 410 g/mol. The van der Waals surface area contributed by atoms with Crippen molar-refractivity contribution in [2.45, 2.75) is 12.8 Å². The first kappa shape index (κ1) is 19.7. The fourth-order valence-electron chi connectivity index (χ4n) is 3.30. The lowest BCUT2D eigenvalue weighted by molar-refractivity contribution is -0.132. The Morgan fingerprint density at radius 1 is 1.07 bits per heavy atom. The Morgan fingerprint density at radius 2 is 1.80 bits per heavy atom. The van der Waals surface area contributed by atoms with Crippen molar-refractivity contribution in [2.75, 3.05) is 33.3 Å². The number of piperazine rings is 1. The van der Waals surface area contributed by atoms with Gasteiger partial charge in [-0.05, 0) is 36.4 Å². The second kappa shape index (κ2) is 8.81. The minimum atomic E-state index is -0.149. The van der Waals surface area contributed by atoms with Gasteiger partial charge in [0.25, 0.3) is 5.91 Å². The van der Waals surface area contributed by atoms with Gasteiger partial charge in [0.1, 0.15) is 5.75 Å². The number of benzene rings is 1. The summed E-state index contributed by atoms with van der Waals surface area (Å²) in [5, 5.41) is 3.98. The first-order valence-corrected chi connectivity index (χ1v) is 9.71. The molecule has 0 atom stereocenters. The molecule has 3 heterocycles. The Bertz CT molecular complexity index is 989. The molecule has 3 aromatic rings. The topological polar surface area (TPSA) is 102 Å². The molecular formula is C21H22N4O5. The normalized spacial score (nSPS) is 14.0. The van der Waals surface area contributed by atoms with Crippen LogP contribution in [0.25, 0.3) is 11.4 Å². The zero-order chi connectivity index (χ0) is 20.9. The van der Waals surface area contributed by atoms with Gasteiger partial charge < -0.3 is 23.5 Å². The number of rotatable bonds is 6. The number of nitrogens with zero attached hydrogens (tertiary/aromatic N) is 4. The molecule has 156 valence electrons. The maximum Gasteiger partial charge on any atom is 0.289 e. The lowest BCUT2D eigenvalue weighted by atomic mass is 10.2. The molecular weight excluding hydrogens is 388 g/mol. The fourth-order valence-corrected chi connectivity index (χ4v) is 3.30. The van der Waals surface area contributed by atoms with Crippen LogP contribution in [0.3, 0.4) is 0 Å². The molecule has 2 amide bonds. The quantitative estimate of drug-likeness (QED) is 0.614. The van der Waals surface area contributed by atoms with Crippen LogP contribution in [0.4, 0.5) is 0 Å². The molecule has 0 unspecified atom stereocenters. The number of methoxy groups -OCH3 is 1. The summed E-state index contributed by atoms with van der Waals surface area (Å²) in [4.78, 5) is 32.6. The predicted molar refractivity (Wildman–Crippen MR) is 106 cm³/mol. The van der Waals surface area contributed by atoms with Crippen LogP contribution in [-0.2, 0) is 11.2 Å². The van der Waals surface area contributed by atoms with Gasteiger partial charge in [0, 0.05) is 44.6 Å². The molecule has 9 heteroatoms. The first-order chi connectivity index (χ1) is 14.6. The summed E-state index contributed by atoms with van der Waals surface area (Å²) < 4.78 is 15.6. The average Bonchev–Trinajstić information content (AvgIpc) is 3.50. The van der Waals surface area contributed by atoms with Crippen molar-refractivity contribution in [3.8, 4) is 17.1 Å². The number of amides is 2. The second-order valence-corrected chi connectivity index (χ2v) is 6.89. The monoisotopic (exact) mass is 410 g/mol. The second-order valence-electron chi connectivity index (χ2n) is 6.89. The van der Waals surface area contributed by atoms with Crippen molar-refractivity contribution in [2.24, 2.45) is 0 Å². The molecule has 1 saturated heterocycles. The number of carbonyl (C=O) groups excluding carboxylic acids is 2. The van der Waals surface area contributed by atoms with E-state index in [1.54, 1.807) is 29.0 Å². The summed E-state index contributed by atoms with van der Waals surface area (Å²) in [7, 11) is 1.61. The maximum absolute atomic E-state index is 12.5. The Balaban J connectivity index is 1.26. The molecule has 0 saturated carbocycles. The van der Waals surface area contributed by atoms with Gasteiger partial charge in [-0.3, -0.25) is 9.59 Å². The fraction of sp³-hybridized carbons (Fsp3) is 0.333. The highest BCUT2D eigenvalue weighted by atomic mass is 16.5. The van der Waals surface area contributed by atoms with E-state index in [0.29, 0.717) is 50.1 Å². The Labute approximate surface area is 173 Å². The zero-order valence-corrected chi connectivity index (χ0v) is 16.6. The standard InChI is InChI=1S/C21H22N4O5/c1-28-16-6-4-15(5-7-16)20-22-18(30-23-20)8-9-19(26)24-10-12-25(13-11-24)21(27)17-3-2-14-29-17/h2-7,14H,8-13H2,1H3. The molecule has 30 heavy (non-hydrogen) atoms. The van der Waals surface area contributed by atoms with Crippen molar-refractivity contribution in [1.29, 1.82) is 0 Å². The summed E-state index contributed by atoms with van der Waals surface area (Å²) in [6.45, 7) is 1.94. The highest BCUT2D eigenvalue weighted by Crippen LogP contribution is 2.20. The first-order valence-electron chi connectivity index (χ1n) is 9.71. The molecule has 0 spiro atoms. The van der Waals surface area contributed by atoms with E-state index in [-0.39, 0.29) is 18.2 Å². The summed E-state index contributed by atoms with van der Waals surface area (Å²) in [5.41, 5.74) is 0.814. The van der Waals surface area contributed by atoms with Crippen LogP contribution in [0.2, 0.25) is 0 Å². The SMILES string of the molecule is COc1ccc(-c2noc(CCC(=O)N3CCN(C(=O)c4ccco4)CC3)n2)cc1. The van der Waals surface area contributed by atoms with Crippen LogP contribution in [-0.4, -0.2) is 65.0 Å². The molecule has 0 aliphatic carbocycles. The van der Waals surface area contributed by atoms with E-state index in [2.05, 4.69) is 10.1 Å². The molecule has 1 aliphatic heterocycles. The molecule has 0 radical (unpaired) electrons. The number of ether oxygens (including phenoxy) is 1. The van der Waals surface area contributed by atoms with Gasteiger partial charge in [-0.2, -0.15) is 4.98 Å². The van der Waals surface area contributed by atoms with Crippen molar-refractivity contribution in [1.82, 2.24) is 19.9 Å². The smallest absolute Gasteiger partial charge is 0.289 e. The number of aromatic nitrogens is 2. The molecule has 1 aromatic carbocycles. The van der Waals surface area contributed by atoms with E-state index >= 15 is 0 Å². The minimum Gasteiger partial charge on any atom is -0.497 e. The van der Waals surface area contributed by atoms with E-state index in [0.717, 1.165) is 11.3 Å². The molecule has 1 fully saturated rings. The number of furan rings is 1. The van der Waals surface area contributed by atoms with Gasteiger partial charge in [-0.25, -0.2) is 0 Å². The van der Waals surface area contributed by atoms with Crippen LogP contribution in [0.5, 0.6) is 5.75 Å². The summed E-state index contributed by atoms with van der Waals surface area (Å²) in [6, 6.07) is 10.7. The van der Waals surface area contributed by atoms with Gasteiger partial charge in [0.2, 0.25) is 17.6 Å². The summed E-state index contributed by atoms with van der Waals surface area (Å²) in [5.74, 6) is 1.82. The van der Waals surface area contributed by atoms with E-state index < -0.39 is 0 Å². The molecule has 4 rings (SSSR count). The largest absolute Gasteiger partial charge is 0.497 e. The molecule has 0 bridgehead atoms. The van der Waals surface area contributed by atoms with Crippen LogP contribution in [0, 0.1) is 0 Å². The molecule has 9 nitrogen and oxygen atoms in total. The van der Waals surface area contributed by atoms with Crippen LogP contribution in [0.15, 0.2) is 51.6 Å². The number of aryl methyl sites for hydroxylation is 1. The van der Waals surface area contributed by atoms with Crippen LogP contribution in [0.1, 0.15) is 22.9 Å².